The highest BCUT2D eigenvalue weighted by Gasteiger charge is 2.41. The number of fused-ring (bicyclic) bond motifs is 1. The molecule has 1 unspecified atom stereocenters. The van der Waals surface area contributed by atoms with Crippen LogP contribution in [0.3, 0.4) is 0 Å². The molecule has 3 N–H and O–H groups in total. The van der Waals surface area contributed by atoms with Gasteiger partial charge in [-0.1, -0.05) is 17.3 Å². The third-order valence-corrected chi connectivity index (χ3v) is 4.51. The third kappa shape index (κ3) is 3.24. The first-order valence-electron chi connectivity index (χ1n) is 7.87. The molecule has 1 aromatic carbocycles. The summed E-state index contributed by atoms with van der Waals surface area (Å²) in [7, 11) is 0. The number of nitrogens with zero attached hydrogens (tertiary/aromatic N) is 3. The zero-order valence-electron chi connectivity index (χ0n) is 13.2. The molecular formula is C16H21N5O2. The van der Waals surface area contributed by atoms with E-state index in [2.05, 4.69) is 15.6 Å². The summed E-state index contributed by atoms with van der Waals surface area (Å²) < 4.78 is 1.23. The Hall–Kier alpha value is -2.28. The molecule has 1 saturated carbocycles. The van der Waals surface area contributed by atoms with Crippen LogP contribution in [-0.2, 0) is 11.3 Å². The zero-order valence-corrected chi connectivity index (χ0v) is 13.2. The van der Waals surface area contributed by atoms with E-state index in [0.29, 0.717) is 23.4 Å². The number of nitrogens with two attached hydrogens (primary N) is 1. The van der Waals surface area contributed by atoms with Gasteiger partial charge in [0.25, 0.3) is 5.56 Å². The minimum Gasteiger partial charge on any atom is -0.349 e. The summed E-state index contributed by atoms with van der Waals surface area (Å²) >= 11 is 0. The molecule has 2 aromatic rings. The van der Waals surface area contributed by atoms with E-state index < -0.39 is 0 Å². The van der Waals surface area contributed by atoms with E-state index in [1.807, 2.05) is 6.92 Å². The molecule has 122 valence electrons. The number of hydrogen-bond donors (Lipinski definition) is 2. The Labute approximate surface area is 133 Å². The molecule has 23 heavy (non-hydrogen) atoms. The van der Waals surface area contributed by atoms with Crippen LogP contribution in [0.5, 0.6) is 0 Å². The van der Waals surface area contributed by atoms with Crippen LogP contribution in [0.2, 0.25) is 0 Å². The SMILES string of the molecule is CC(CN)(NC(=O)CCn1nnc2ccccc2c1=O)C1CC1. The van der Waals surface area contributed by atoms with Crippen LogP contribution in [0.15, 0.2) is 29.1 Å². The maximum absolute atomic E-state index is 12.3. The summed E-state index contributed by atoms with van der Waals surface area (Å²) in [5, 5.41) is 11.4. The van der Waals surface area contributed by atoms with Crippen molar-refractivity contribution in [3.8, 4) is 0 Å². The predicted octanol–water partition coefficient (Wildman–Crippen LogP) is 0.425. The van der Waals surface area contributed by atoms with Crippen LogP contribution in [0.25, 0.3) is 10.9 Å². The third-order valence-electron chi connectivity index (χ3n) is 4.51. The molecule has 3 rings (SSSR count). The van der Waals surface area contributed by atoms with Crippen LogP contribution in [-0.4, -0.2) is 33.0 Å². The highest BCUT2D eigenvalue weighted by atomic mass is 16.2. The standard InChI is InChI=1S/C16H21N5O2/c1-16(10-17,11-6-7-11)18-14(22)8-9-21-15(23)12-4-2-3-5-13(12)19-20-21/h2-5,11H,6-10,17H2,1H3,(H,18,22). The Morgan fingerprint density at radius 1 is 1.43 bits per heavy atom. The van der Waals surface area contributed by atoms with Gasteiger partial charge < -0.3 is 11.1 Å². The number of amides is 1. The van der Waals surface area contributed by atoms with E-state index >= 15 is 0 Å². The lowest BCUT2D eigenvalue weighted by molar-refractivity contribution is -0.123. The number of benzene rings is 1. The second-order valence-electron chi connectivity index (χ2n) is 6.33. The van der Waals surface area contributed by atoms with E-state index in [-0.39, 0.29) is 30.0 Å². The Bertz CT molecular complexity index is 783. The molecule has 1 aliphatic rings. The summed E-state index contributed by atoms with van der Waals surface area (Å²) in [5.41, 5.74) is 5.78. The fraction of sp³-hybridized carbons (Fsp3) is 0.500. The van der Waals surface area contributed by atoms with Gasteiger partial charge in [0.05, 0.1) is 17.5 Å². The molecule has 1 heterocycles. The van der Waals surface area contributed by atoms with E-state index in [1.54, 1.807) is 24.3 Å². The van der Waals surface area contributed by atoms with Gasteiger partial charge >= 0.3 is 0 Å². The number of aromatic nitrogens is 3. The van der Waals surface area contributed by atoms with Crippen molar-refractivity contribution in [3.63, 3.8) is 0 Å². The summed E-state index contributed by atoms with van der Waals surface area (Å²) in [6.45, 7) is 2.59. The first kappa shape index (κ1) is 15.6. The van der Waals surface area contributed by atoms with E-state index in [1.165, 1.54) is 4.68 Å². The molecule has 0 spiro atoms. The highest BCUT2D eigenvalue weighted by Crippen LogP contribution is 2.38. The molecule has 0 bridgehead atoms. The highest BCUT2D eigenvalue weighted by molar-refractivity contribution is 5.77. The normalized spacial score (nSPS) is 17.0. The van der Waals surface area contributed by atoms with Crippen molar-refractivity contribution in [2.45, 2.75) is 38.3 Å². The summed E-state index contributed by atoms with van der Waals surface area (Å²) in [6, 6.07) is 7.04. The Morgan fingerprint density at radius 3 is 2.87 bits per heavy atom. The number of carbonyl (C=O) groups is 1. The fourth-order valence-corrected chi connectivity index (χ4v) is 2.80. The second kappa shape index (κ2) is 6.08. The number of hydrogen-bond acceptors (Lipinski definition) is 5. The molecule has 0 saturated heterocycles. The smallest absolute Gasteiger partial charge is 0.277 e. The second-order valence-corrected chi connectivity index (χ2v) is 6.33. The van der Waals surface area contributed by atoms with Gasteiger partial charge in [0, 0.05) is 13.0 Å². The van der Waals surface area contributed by atoms with Crippen molar-refractivity contribution in [3.05, 3.63) is 34.6 Å². The summed E-state index contributed by atoms with van der Waals surface area (Å²) in [6.07, 6.45) is 2.38. The van der Waals surface area contributed by atoms with Crippen molar-refractivity contribution < 1.29 is 4.79 Å². The van der Waals surface area contributed by atoms with Gasteiger partial charge in [-0.15, -0.1) is 5.10 Å². The maximum atomic E-state index is 12.3. The van der Waals surface area contributed by atoms with Crippen LogP contribution < -0.4 is 16.6 Å². The molecule has 0 aliphatic heterocycles. The van der Waals surface area contributed by atoms with Crippen molar-refractivity contribution >= 4 is 16.8 Å². The van der Waals surface area contributed by atoms with Gasteiger partial charge in [0.2, 0.25) is 5.91 Å². The minimum atomic E-state index is -0.350. The maximum Gasteiger partial charge on any atom is 0.277 e. The predicted molar refractivity (Wildman–Crippen MR) is 86.7 cm³/mol. The van der Waals surface area contributed by atoms with Crippen LogP contribution in [0, 0.1) is 5.92 Å². The van der Waals surface area contributed by atoms with Gasteiger partial charge in [0.15, 0.2) is 0 Å². The lowest BCUT2D eigenvalue weighted by Gasteiger charge is -2.29. The van der Waals surface area contributed by atoms with Gasteiger partial charge in [-0.25, -0.2) is 4.68 Å². The van der Waals surface area contributed by atoms with Crippen molar-refractivity contribution in [2.75, 3.05) is 6.54 Å². The van der Waals surface area contributed by atoms with Crippen molar-refractivity contribution in [1.29, 1.82) is 0 Å². The Balaban J connectivity index is 1.67. The van der Waals surface area contributed by atoms with Crippen molar-refractivity contribution in [1.82, 2.24) is 20.3 Å². The lowest BCUT2D eigenvalue weighted by Crippen LogP contribution is -2.53. The largest absolute Gasteiger partial charge is 0.349 e. The molecule has 1 amide bonds. The van der Waals surface area contributed by atoms with E-state index in [4.69, 9.17) is 5.73 Å². The molecule has 1 aliphatic carbocycles. The number of rotatable bonds is 6. The number of carbonyl (C=O) groups excluding carboxylic acids is 1. The van der Waals surface area contributed by atoms with Crippen LogP contribution in [0.1, 0.15) is 26.2 Å². The number of nitrogens with one attached hydrogen (secondary N) is 1. The number of aryl methyl sites for hydroxylation is 1. The first-order chi connectivity index (χ1) is 11.0. The Morgan fingerprint density at radius 2 is 2.17 bits per heavy atom. The molecule has 7 heteroatoms. The van der Waals surface area contributed by atoms with Gasteiger partial charge in [-0.2, -0.15) is 0 Å². The molecule has 0 radical (unpaired) electrons. The quantitative estimate of drug-likeness (QED) is 0.804. The van der Waals surface area contributed by atoms with Crippen LogP contribution >= 0.6 is 0 Å². The van der Waals surface area contributed by atoms with E-state index in [0.717, 1.165) is 12.8 Å². The molecule has 1 aromatic heterocycles. The topological polar surface area (TPSA) is 103 Å². The average molecular weight is 315 g/mol. The monoisotopic (exact) mass is 315 g/mol. The van der Waals surface area contributed by atoms with Crippen LogP contribution in [0.4, 0.5) is 0 Å². The Kier molecular flexibility index (Phi) is 4.12. The molecular weight excluding hydrogens is 294 g/mol. The van der Waals surface area contributed by atoms with Crippen molar-refractivity contribution in [2.24, 2.45) is 11.7 Å². The fourth-order valence-electron chi connectivity index (χ4n) is 2.80. The first-order valence-corrected chi connectivity index (χ1v) is 7.87. The van der Waals surface area contributed by atoms with Gasteiger partial charge in [-0.05, 0) is 37.8 Å². The summed E-state index contributed by atoms with van der Waals surface area (Å²) in [5.74, 6) is 0.339. The van der Waals surface area contributed by atoms with Gasteiger partial charge in [-0.3, -0.25) is 9.59 Å². The molecule has 1 fully saturated rings. The lowest BCUT2D eigenvalue weighted by atomic mass is 9.96. The average Bonchev–Trinajstić information content (AvgIpc) is 3.40. The molecule has 1 atom stereocenters. The van der Waals surface area contributed by atoms with Gasteiger partial charge in [0.1, 0.15) is 5.52 Å². The van der Waals surface area contributed by atoms with E-state index in [9.17, 15) is 9.59 Å². The molecule has 7 nitrogen and oxygen atoms in total. The summed E-state index contributed by atoms with van der Waals surface area (Å²) in [4.78, 5) is 24.5. The minimum absolute atomic E-state index is 0.119. The zero-order chi connectivity index (χ0) is 16.4.